The van der Waals surface area contributed by atoms with Gasteiger partial charge in [0.1, 0.15) is 0 Å². The Hall–Kier alpha value is -0.0800. The molecule has 1 aliphatic heterocycles. The summed E-state index contributed by atoms with van der Waals surface area (Å²) < 4.78 is 0. The normalized spacial score (nSPS) is 41.2. The Kier molecular flexibility index (Phi) is 4.08. The minimum Gasteiger partial charge on any atom is -0.329 e. The number of likely N-dealkylation sites (tertiary alicyclic amines) is 1. The average Bonchev–Trinajstić information content (AvgIpc) is 2.59. The monoisotopic (exact) mass is 252 g/mol. The zero-order chi connectivity index (χ0) is 13.4. The second-order valence-corrected chi connectivity index (χ2v) is 7.51. The van der Waals surface area contributed by atoms with E-state index in [1.54, 1.807) is 0 Å². The lowest BCUT2D eigenvalue weighted by molar-refractivity contribution is -0.00425. The highest BCUT2D eigenvalue weighted by molar-refractivity contribution is 5.07. The molecule has 0 bridgehead atoms. The van der Waals surface area contributed by atoms with Crippen molar-refractivity contribution in [3.05, 3.63) is 0 Å². The van der Waals surface area contributed by atoms with Crippen molar-refractivity contribution >= 4 is 0 Å². The molecule has 0 radical (unpaired) electrons. The Labute approximate surface area is 113 Å². The van der Waals surface area contributed by atoms with Crippen molar-refractivity contribution in [1.29, 1.82) is 0 Å². The standard InChI is InChI=1S/C16H32N2/c1-5-14-8-6-7-9-18(14)16(12-17)11-15(3,4)10-13(16)2/h13-14H,5-12,17H2,1-4H3. The van der Waals surface area contributed by atoms with Crippen LogP contribution in [0, 0.1) is 11.3 Å². The fourth-order valence-electron chi connectivity index (χ4n) is 4.88. The first-order valence-corrected chi connectivity index (χ1v) is 7.92. The Bertz CT molecular complexity index is 287. The third kappa shape index (κ3) is 2.34. The summed E-state index contributed by atoms with van der Waals surface area (Å²) in [5.74, 6) is 0.740. The lowest BCUT2D eigenvalue weighted by Gasteiger charge is -2.50. The molecule has 2 nitrogen and oxygen atoms in total. The van der Waals surface area contributed by atoms with Crippen LogP contribution >= 0.6 is 0 Å². The summed E-state index contributed by atoms with van der Waals surface area (Å²) in [5.41, 5.74) is 7.04. The molecule has 0 aromatic carbocycles. The van der Waals surface area contributed by atoms with Crippen LogP contribution < -0.4 is 5.73 Å². The van der Waals surface area contributed by atoms with E-state index in [-0.39, 0.29) is 5.54 Å². The summed E-state index contributed by atoms with van der Waals surface area (Å²) in [5, 5.41) is 0. The van der Waals surface area contributed by atoms with Crippen LogP contribution in [-0.4, -0.2) is 29.6 Å². The number of hydrogen-bond acceptors (Lipinski definition) is 2. The lowest BCUT2D eigenvalue weighted by atomic mass is 9.81. The molecule has 18 heavy (non-hydrogen) atoms. The first kappa shape index (κ1) is 14.3. The highest BCUT2D eigenvalue weighted by Gasteiger charge is 2.52. The predicted molar refractivity (Wildman–Crippen MR) is 78.6 cm³/mol. The van der Waals surface area contributed by atoms with Gasteiger partial charge in [-0.3, -0.25) is 4.90 Å². The van der Waals surface area contributed by atoms with E-state index in [2.05, 4.69) is 32.6 Å². The second kappa shape index (κ2) is 5.13. The van der Waals surface area contributed by atoms with E-state index in [1.165, 1.54) is 45.1 Å². The molecule has 2 fully saturated rings. The molecule has 2 rings (SSSR count). The van der Waals surface area contributed by atoms with Gasteiger partial charge in [0.05, 0.1) is 0 Å². The van der Waals surface area contributed by atoms with Crippen molar-refractivity contribution in [2.45, 2.75) is 77.8 Å². The predicted octanol–water partition coefficient (Wildman–Crippen LogP) is 3.40. The van der Waals surface area contributed by atoms with Gasteiger partial charge in [-0.25, -0.2) is 0 Å². The van der Waals surface area contributed by atoms with E-state index >= 15 is 0 Å². The summed E-state index contributed by atoms with van der Waals surface area (Å²) in [6.07, 6.45) is 8.06. The molecule has 0 aromatic rings. The summed E-state index contributed by atoms with van der Waals surface area (Å²) in [6.45, 7) is 11.7. The van der Waals surface area contributed by atoms with Crippen LogP contribution in [-0.2, 0) is 0 Å². The number of rotatable bonds is 3. The van der Waals surface area contributed by atoms with Gasteiger partial charge in [-0.1, -0.05) is 34.1 Å². The van der Waals surface area contributed by atoms with Crippen LogP contribution in [0.3, 0.4) is 0 Å². The van der Waals surface area contributed by atoms with Crippen molar-refractivity contribution < 1.29 is 0 Å². The summed E-state index contributed by atoms with van der Waals surface area (Å²) >= 11 is 0. The van der Waals surface area contributed by atoms with Gasteiger partial charge in [0.2, 0.25) is 0 Å². The maximum absolute atomic E-state index is 6.29. The molecule has 2 aliphatic rings. The molecule has 3 unspecified atom stereocenters. The van der Waals surface area contributed by atoms with Crippen molar-refractivity contribution in [3.8, 4) is 0 Å². The maximum atomic E-state index is 6.29. The van der Waals surface area contributed by atoms with E-state index in [4.69, 9.17) is 5.73 Å². The van der Waals surface area contributed by atoms with Crippen LogP contribution in [0.4, 0.5) is 0 Å². The molecule has 0 spiro atoms. The Balaban J connectivity index is 2.26. The molecule has 106 valence electrons. The number of nitrogens with two attached hydrogens (primary N) is 1. The highest BCUT2D eigenvalue weighted by Crippen LogP contribution is 2.51. The van der Waals surface area contributed by atoms with Gasteiger partial charge in [0.15, 0.2) is 0 Å². The molecule has 3 atom stereocenters. The lowest BCUT2D eigenvalue weighted by Crippen LogP contribution is -2.60. The van der Waals surface area contributed by atoms with Gasteiger partial charge in [-0.2, -0.15) is 0 Å². The largest absolute Gasteiger partial charge is 0.329 e. The van der Waals surface area contributed by atoms with E-state index in [1.807, 2.05) is 0 Å². The molecule has 1 saturated heterocycles. The fourth-order valence-corrected chi connectivity index (χ4v) is 4.88. The summed E-state index contributed by atoms with van der Waals surface area (Å²) in [7, 11) is 0. The minimum absolute atomic E-state index is 0.282. The zero-order valence-corrected chi connectivity index (χ0v) is 12.8. The molecule has 0 aromatic heterocycles. The molecule has 1 saturated carbocycles. The van der Waals surface area contributed by atoms with Crippen LogP contribution in [0.1, 0.15) is 66.2 Å². The molecule has 2 N–H and O–H groups in total. The van der Waals surface area contributed by atoms with Crippen molar-refractivity contribution in [2.75, 3.05) is 13.1 Å². The Morgan fingerprint density at radius 1 is 1.28 bits per heavy atom. The second-order valence-electron chi connectivity index (χ2n) is 7.51. The third-order valence-corrected chi connectivity index (χ3v) is 5.58. The number of hydrogen-bond donors (Lipinski definition) is 1. The van der Waals surface area contributed by atoms with Crippen LogP contribution in [0.5, 0.6) is 0 Å². The molecule has 0 amide bonds. The Morgan fingerprint density at radius 2 is 2.00 bits per heavy atom. The van der Waals surface area contributed by atoms with Gasteiger partial charge in [-0.05, 0) is 50.0 Å². The smallest absolute Gasteiger partial charge is 0.0365 e. The van der Waals surface area contributed by atoms with Crippen LogP contribution in [0.15, 0.2) is 0 Å². The van der Waals surface area contributed by atoms with Crippen molar-refractivity contribution in [3.63, 3.8) is 0 Å². The van der Waals surface area contributed by atoms with E-state index in [0.717, 1.165) is 18.5 Å². The maximum Gasteiger partial charge on any atom is 0.0365 e. The van der Waals surface area contributed by atoms with E-state index < -0.39 is 0 Å². The number of nitrogens with zero attached hydrogens (tertiary/aromatic N) is 1. The van der Waals surface area contributed by atoms with Gasteiger partial charge >= 0.3 is 0 Å². The molecule has 2 heteroatoms. The molecular formula is C16H32N2. The molecule has 1 aliphatic carbocycles. The topological polar surface area (TPSA) is 29.3 Å². The van der Waals surface area contributed by atoms with E-state index in [9.17, 15) is 0 Å². The SMILES string of the molecule is CCC1CCCCN1C1(CN)CC(C)(C)CC1C. The first-order chi connectivity index (χ1) is 8.45. The average molecular weight is 252 g/mol. The third-order valence-electron chi connectivity index (χ3n) is 5.58. The summed E-state index contributed by atoms with van der Waals surface area (Å²) in [6, 6.07) is 0.777. The van der Waals surface area contributed by atoms with E-state index in [0.29, 0.717) is 5.41 Å². The van der Waals surface area contributed by atoms with Crippen LogP contribution in [0.25, 0.3) is 0 Å². The fraction of sp³-hybridized carbons (Fsp3) is 1.00. The Morgan fingerprint density at radius 3 is 2.50 bits per heavy atom. The van der Waals surface area contributed by atoms with Crippen molar-refractivity contribution in [1.82, 2.24) is 4.90 Å². The highest BCUT2D eigenvalue weighted by atomic mass is 15.3. The minimum atomic E-state index is 0.282. The van der Waals surface area contributed by atoms with Crippen LogP contribution in [0.2, 0.25) is 0 Å². The van der Waals surface area contributed by atoms with Crippen molar-refractivity contribution in [2.24, 2.45) is 17.1 Å². The first-order valence-electron chi connectivity index (χ1n) is 7.92. The quantitative estimate of drug-likeness (QED) is 0.834. The molecule has 1 heterocycles. The number of piperidine rings is 1. The van der Waals surface area contributed by atoms with Gasteiger partial charge in [0, 0.05) is 18.1 Å². The molecular weight excluding hydrogens is 220 g/mol. The zero-order valence-electron chi connectivity index (χ0n) is 12.8. The summed E-state index contributed by atoms with van der Waals surface area (Å²) in [4.78, 5) is 2.82. The van der Waals surface area contributed by atoms with Gasteiger partial charge in [-0.15, -0.1) is 0 Å². The van der Waals surface area contributed by atoms with Gasteiger partial charge in [0.25, 0.3) is 0 Å². The van der Waals surface area contributed by atoms with Gasteiger partial charge < -0.3 is 5.73 Å².